The molecule has 0 bridgehead atoms. The lowest BCUT2D eigenvalue weighted by Gasteiger charge is -2.12. The predicted octanol–water partition coefficient (Wildman–Crippen LogP) is 6.44. The van der Waals surface area contributed by atoms with Crippen LogP contribution in [-0.4, -0.2) is 19.1 Å². The van der Waals surface area contributed by atoms with Gasteiger partial charge in [0.25, 0.3) is 0 Å². The number of nitrogens with zero attached hydrogens (tertiary/aromatic N) is 3. The number of phenolic OH excluding ortho intramolecular Hbond substituents is 1. The largest absolute Gasteiger partial charge is 0.506 e. The summed E-state index contributed by atoms with van der Waals surface area (Å²) in [7, 11) is 0. The van der Waals surface area contributed by atoms with Crippen LogP contribution in [0.1, 0.15) is 0 Å². The molecular weight excluding hydrogens is 382 g/mol. The van der Waals surface area contributed by atoms with Crippen molar-refractivity contribution in [3.05, 3.63) is 97.3 Å². The molecule has 4 aromatic carbocycles. The maximum atomic E-state index is 11.3. The van der Waals surface area contributed by atoms with Crippen LogP contribution in [0.3, 0.4) is 0 Å². The molecule has 4 heteroatoms. The van der Waals surface area contributed by atoms with Gasteiger partial charge in [0, 0.05) is 45.0 Å². The van der Waals surface area contributed by atoms with Crippen LogP contribution in [0.15, 0.2) is 97.3 Å². The summed E-state index contributed by atoms with van der Waals surface area (Å²) in [6.07, 6.45) is 3.79. The fourth-order valence-corrected chi connectivity index (χ4v) is 5.04. The SMILES string of the molecule is Oc1cc2c(c3ccccc3n3ccnc23)c2c3ccccc3n(-c3ccccc3)c12. The molecule has 3 aromatic heterocycles. The third kappa shape index (κ3) is 2.06. The minimum atomic E-state index is 0.253. The molecule has 0 spiro atoms. The maximum absolute atomic E-state index is 11.3. The Labute approximate surface area is 177 Å². The van der Waals surface area contributed by atoms with Crippen LogP contribution in [0.4, 0.5) is 0 Å². The van der Waals surface area contributed by atoms with Gasteiger partial charge in [0.2, 0.25) is 0 Å². The number of benzene rings is 4. The smallest absolute Gasteiger partial charge is 0.145 e. The summed E-state index contributed by atoms with van der Waals surface area (Å²) in [6, 6.07) is 28.8. The van der Waals surface area contributed by atoms with E-state index in [2.05, 4.69) is 68.5 Å². The molecule has 0 atom stereocenters. The van der Waals surface area contributed by atoms with Gasteiger partial charge in [0.05, 0.1) is 16.6 Å². The van der Waals surface area contributed by atoms with Gasteiger partial charge in [-0.2, -0.15) is 0 Å². The van der Waals surface area contributed by atoms with Crippen LogP contribution in [0.2, 0.25) is 0 Å². The van der Waals surface area contributed by atoms with E-state index in [0.29, 0.717) is 0 Å². The first-order valence-electron chi connectivity index (χ1n) is 10.3. The van der Waals surface area contributed by atoms with Crippen molar-refractivity contribution in [1.82, 2.24) is 14.0 Å². The summed E-state index contributed by atoms with van der Waals surface area (Å²) in [6.45, 7) is 0. The number of phenols is 1. The highest BCUT2D eigenvalue weighted by atomic mass is 16.3. The zero-order chi connectivity index (χ0) is 20.5. The van der Waals surface area contributed by atoms with Gasteiger partial charge in [-0.05, 0) is 30.3 Å². The number of rotatable bonds is 1. The van der Waals surface area contributed by atoms with Crippen LogP contribution in [0.25, 0.3) is 54.8 Å². The average molecular weight is 399 g/mol. The van der Waals surface area contributed by atoms with E-state index in [9.17, 15) is 5.11 Å². The van der Waals surface area contributed by atoms with Crippen molar-refractivity contribution < 1.29 is 5.11 Å². The number of hydrogen-bond donors (Lipinski definition) is 1. The molecule has 0 radical (unpaired) electrons. The van der Waals surface area contributed by atoms with E-state index in [-0.39, 0.29) is 5.75 Å². The van der Waals surface area contributed by atoms with Crippen molar-refractivity contribution in [1.29, 1.82) is 0 Å². The molecule has 0 fully saturated rings. The molecule has 146 valence electrons. The molecule has 0 saturated carbocycles. The number of imidazole rings is 1. The average Bonchev–Trinajstić information content (AvgIpc) is 3.44. The number of aromatic hydroxyl groups is 1. The highest BCUT2D eigenvalue weighted by molar-refractivity contribution is 6.31. The number of pyridine rings is 1. The van der Waals surface area contributed by atoms with Crippen molar-refractivity contribution in [2.75, 3.05) is 0 Å². The molecule has 7 aromatic rings. The Morgan fingerprint density at radius 1 is 0.677 bits per heavy atom. The summed E-state index contributed by atoms with van der Waals surface area (Å²) >= 11 is 0. The van der Waals surface area contributed by atoms with E-state index < -0.39 is 0 Å². The lowest BCUT2D eigenvalue weighted by molar-refractivity contribution is 0.480. The zero-order valence-electron chi connectivity index (χ0n) is 16.5. The number of aromatic nitrogens is 3. The lowest BCUT2D eigenvalue weighted by Crippen LogP contribution is -1.95. The molecule has 31 heavy (non-hydrogen) atoms. The van der Waals surface area contributed by atoms with Crippen LogP contribution in [0.5, 0.6) is 5.75 Å². The van der Waals surface area contributed by atoms with E-state index in [0.717, 1.165) is 54.8 Å². The summed E-state index contributed by atoms with van der Waals surface area (Å²) in [5.41, 5.74) is 4.86. The second-order valence-corrected chi connectivity index (χ2v) is 7.87. The Morgan fingerprint density at radius 2 is 1.35 bits per heavy atom. The number of fused-ring (bicyclic) bond motifs is 10. The van der Waals surface area contributed by atoms with Gasteiger partial charge in [-0.15, -0.1) is 0 Å². The molecule has 0 unspecified atom stereocenters. The molecular formula is C27H17N3O. The van der Waals surface area contributed by atoms with Crippen molar-refractivity contribution in [2.45, 2.75) is 0 Å². The molecule has 0 amide bonds. The van der Waals surface area contributed by atoms with Crippen molar-refractivity contribution in [3.8, 4) is 11.4 Å². The van der Waals surface area contributed by atoms with Crippen molar-refractivity contribution >= 4 is 49.1 Å². The normalized spacial score (nSPS) is 12.0. The summed E-state index contributed by atoms with van der Waals surface area (Å²) in [4.78, 5) is 4.63. The van der Waals surface area contributed by atoms with Gasteiger partial charge in [0.15, 0.2) is 0 Å². The van der Waals surface area contributed by atoms with Gasteiger partial charge >= 0.3 is 0 Å². The number of hydrogen-bond acceptors (Lipinski definition) is 2. The fraction of sp³-hybridized carbons (Fsp3) is 0. The number of para-hydroxylation sites is 3. The second kappa shape index (κ2) is 5.86. The van der Waals surface area contributed by atoms with E-state index in [1.165, 1.54) is 0 Å². The molecule has 3 heterocycles. The first kappa shape index (κ1) is 16.5. The highest BCUT2D eigenvalue weighted by Gasteiger charge is 2.21. The Kier molecular flexibility index (Phi) is 3.12. The minimum absolute atomic E-state index is 0.253. The Morgan fingerprint density at radius 3 is 2.16 bits per heavy atom. The van der Waals surface area contributed by atoms with Gasteiger partial charge in [-0.25, -0.2) is 4.98 Å². The van der Waals surface area contributed by atoms with E-state index in [4.69, 9.17) is 0 Å². The standard InChI is InChI=1S/C27H17N3O/c31-23-16-20-24(18-10-4-6-12-21(18)29-15-14-28-27(20)29)25-19-11-5-7-13-22(19)30(26(23)25)17-8-2-1-3-9-17/h1-16,31H. The summed E-state index contributed by atoms with van der Waals surface area (Å²) < 4.78 is 4.25. The van der Waals surface area contributed by atoms with Crippen LogP contribution < -0.4 is 0 Å². The zero-order valence-corrected chi connectivity index (χ0v) is 16.5. The molecule has 0 saturated heterocycles. The van der Waals surface area contributed by atoms with Gasteiger partial charge in [0.1, 0.15) is 11.4 Å². The third-order valence-corrected chi connectivity index (χ3v) is 6.25. The van der Waals surface area contributed by atoms with Crippen LogP contribution in [-0.2, 0) is 0 Å². The van der Waals surface area contributed by atoms with Crippen molar-refractivity contribution in [3.63, 3.8) is 0 Å². The molecule has 1 N–H and O–H groups in total. The van der Waals surface area contributed by atoms with Crippen LogP contribution in [0, 0.1) is 0 Å². The monoisotopic (exact) mass is 399 g/mol. The first-order valence-corrected chi connectivity index (χ1v) is 10.3. The van der Waals surface area contributed by atoms with Crippen molar-refractivity contribution in [2.24, 2.45) is 0 Å². The first-order chi connectivity index (χ1) is 15.3. The Hall–Kier alpha value is -4.31. The predicted molar refractivity (Wildman–Crippen MR) is 126 cm³/mol. The van der Waals surface area contributed by atoms with E-state index >= 15 is 0 Å². The van der Waals surface area contributed by atoms with Gasteiger partial charge < -0.3 is 9.67 Å². The third-order valence-electron chi connectivity index (χ3n) is 6.25. The topological polar surface area (TPSA) is 42.5 Å². The van der Waals surface area contributed by atoms with Gasteiger partial charge in [-0.1, -0.05) is 54.6 Å². The maximum Gasteiger partial charge on any atom is 0.145 e. The quantitative estimate of drug-likeness (QED) is 0.323. The molecule has 7 rings (SSSR count). The van der Waals surface area contributed by atoms with E-state index in [1.54, 1.807) is 0 Å². The minimum Gasteiger partial charge on any atom is -0.506 e. The molecule has 0 aliphatic rings. The highest BCUT2D eigenvalue weighted by Crippen LogP contribution is 2.44. The van der Waals surface area contributed by atoms with Gasteiger partial charge in [-0.3, -0.25) is 4.40 Å². The Bertz CT molecular complexity index is 1790. The molecule has 4 nitrogen and oxygen atoms in total. The second-order valence-electron chi connectivity index (χ2n) is 7.87. The van der Waals surface area contributed by atoms with E-state index in [1.807, 2.05) is 42.7 Å². The summed E-state index contributed by atoms with van der Waals surface area (Å²) in [5.74, 6) is 0.253. The molecule has 0 aliphatic heterocycles. The molecule has 0 aliphatic carbocycles. The Balaban J connectivity index is 1.86. The fourth-order valence-electron chi connectivity index (χ4n) is 5.04. The summed E-state index contributed by atoms with van der Waals surface area (Å²) in [5, 5.41) is 16.7. The lowest BCUT2D eigenvalue weighted by atomic mass is 9.99. The van der Waals surface area contributed by atoms with Crippen LogP contribution >= 0.6 is 0 Å².